The largest absolute Gasteiger partial charge is 0.509 e. The number of esters is 1. The van der Waals surface area contributed by atoms with Crippen molar-refractivity contribution in [2.24, 2.45) is 17.8 Å². The number of aryl methyl sites for hydroxylation is 2. The number of benzene rings is 1. The molecule has 23 heteroatoms. The molecule has 436 valence electrons. The molecule has 0 spiro atoms. The number of cyclic esters (lactones) is 2. The van der Waals surface area contributed by atoms with Crippen LogP contribution >= 0.6 is 0 Å². The standard InChI is InChI=1S/C54H85N3O19S/c1-15-41(54(11)35(8)71-51(64)75-54)72-49(63)33(6)45(32(5)46(52(9,65)26-30(3)29-58)74-50-44(60)40(56(12)13)24-31(4)69-50)73-42-27-53(10,68-14)47(34(7)70-42)76-77(66,67)23-22-55-21-17-18-36-19-20-39-37(25-36)43(59)38(48(61)62)28-57(39)16-2/h19-20,25,28-35,40-42,44-47,50,55,60,65H,15-18,21-24,26-27H2,1-14H3,(H,61,62)/t30-,31-,32+,33-,34+,35-,40+,41-,42+,44-,45+,46-,47+,50+,52-,53-,54+/m1/s1. The number of fused-ring (bicyclic) bond motifs is 1. The molecule has 3 fully saturated rings. The van der Waals surface area contributed by atoms with Crippen LogP contribution in [0.25, 0.3) is 10.9 Å². The number of carbonyl (C=O) groups excluding carboxylic acids is 3. The molecule has 3 saturated heterocycles. The monoisotopic (exact) mass is 1110 g/mol. The van der Waals surface area contributed by atoms with Crippen LogP contribution in [0.5, 0.6) is 0 Å². The molecule has 3 aliphatic rings. The summed E-state index contributed by atoms with van der Waals surface area (Å²) < 4.78 is 83.9. The minimum atomic E-state index is -4.22. The van der Waals surface area contributed by atoms with Crippen LogP contribution in [0.2, 0.25) is 0 Å². The number of carboxylic acid groups (broad SMARTS) is 1. The van der Waals surface area contributed by atoms with Gasteiger partial charge in [-0.3, -0.25) is 13.8 Å². The van der Waals surface area contributed by atoms with Gasteiger partial charge < -0.3 is 72.8 Å². The van der Waals surface area contributed by atoms with Gasteiger partial charge in [0, 0.05) is 56.1 Å². The van der Waals surface area contributed by atoms with Gasteiger partial charge in [0.25, 0.3) is 10.1 Å². The number of rotatable bonds is 28. The minimum absolute atomic E-state index is 0.0386. The van der Waals surface area contributed by atoms with E-state index in [1.54, 1.807) is 72.1 Å². The van der Waals surface area contributed by atoms with Crippen molar-refractivity contribution in [3.05, 3.63) is 45.7 Å². The molecule has 1 aromatic carbocycles. The summed E-state index contributed by atoms with van der Waals surface area (Å²) in [6.45, 7) is 19.3. The lowest BCUT2D eigenvalue weighted by molar-refractivity contribution is -0.316. The second-order valence-electron chi connectivity index (χ2n) is 22.1. The Labute approximate surface area is 452 Å². The number of carboxylic acids is 1. The highest BCUT2D eigenvalue weighted by Crippen LogP contribution is 2.41. The lowest BCUT2D eigenvalue weighted by Gasteiger charge is -2.49. The zero-order valence-corrected chi connectivity index (χ0v) is 48.0. The van der Waals surface area contributed by atoms with Crippen LogP contribution in [0, 0.1) is 17.8 Å². The van der Waals surface area contributed by atoms with E-state index in [9.17, 15) is 47.7 Å². The van der Waals surface area contributed by atoms with Crippen LogP contribution in [-0.2, 0) is 74.8 Å². The predicted octanol–water partition coefficient (Wildman–Crippen LogP) is 4.58. The first-order valence-corrected chi connectivity index (χ1v) is 28.3. The van der Waals surface area contributed by atoms with E-state index in [-0.39, 0.29) is 37.5 Å². The topological polar surface area (TPSA) is 283 Å². The van der Waals surface area contributed by atoms with Gasteiger partial charge in [0.2, 0.25) is 5.43 Å². The van der Waals surface area contributed by atoms with Gasteiger partial charge in [0.1, 0.15) is 36.3 Å². The van der Waals surface area contributed by atoms with Gasteiger partial charge in [-0.05, 0) is 126 Å². The van der Waals surface area contributed by atoms with Crippen LogP contribution in [0.4, 0.5) is 4.79 Å². The molecule has 4 N–H and O–H groups in total. The number of aliphatic hydroxyl groups excluding tert-OH is 1. The Kier molecular flexibility index (Phi) is 21.9. The Morgan fingerprint density at radius 3 is 2.34 bits per heavy atom. The Balaban J connectivity index is 1.34. The number of hydrogen-bond acceptors (Lipinski definition) is 20. The zero-order valence-electron chi connectivity index (χ0n) is 47.2. The van der Waals surface area contributed by atoms with Crippen molar-refractivity contribution in [3.8, 4) is 0 Å². The van der Waals surface area contributed by atoms with Gasteiger partial charge in [-0.1, -0.05) is 26.8 Å². The lowest BCUT2D eigenvalue weighted by atomic mass is 9.78. The lowest BCUT2D eigenvalue weighted by Crippen LogP contribution is -2.61. The maximum atomic E-state index is 14.6. The Morgan fingerprint density at radius 1 is 1.06 bits per heavy atom. The van der Waals surface area contributed by atoms with E-state index < -0.39 is 135 Å². The highest BCUT2D eigenvalue weighted by molar-refractivity contribution is 7.86. The third-order valence-corrected chi connectivity index (χ3v) is 16.9. The molecule has 3 aliphatic heterocycles. The van der Waals surface area contributed by atoms with Gasteiger partial charge in [-0.2, -0.15) is 8.42 Å². The smallest absolute Gasteiger partial charge is 0.477 e. The molecule has 0 amide bonds. The maximum absolute atomic E-state index is 14.6. The zero-order chi connectivity index (χ0) is 57.5. The third-order valence-electron chi connectivity index (χ3n) is 15.7. The van der Waals surface area contributed by atoms with E-state index in [1.165, 1.54) is 20.2 Å². The van der Waals surface area contributed by atoms with Gasteiger partial charge in [-0.25, -0.2) is 9.59 Å². The van der Waals surface area contributed by atoms with Crippen LogP contribution in [-0.4, -0.2) is 182 Å². The van der Waals surface area contributed by atoms with Gasteiger partial charge in [0.05, 0.1) is 52.8 Å². The van der Waals surface area contributed by atoms with Crippen molar-refractivity contribution in [1.29, 1.82) is 0 Å². The summed E-state index contributed by atoms with van der Waals surface area (Å²) in [7, 11) is 0.823. The molecule has 4 heterocycles. The summed E-state index contributed by atoms with van der Waals surface area (Å²) in [4.78, 5) is 65.5. The SMILES string of the molecule is CC[C@@H](OC(=O)[C@H](C)[C@@H](O[C@H]1C[C@@](C)(OC)[C@@H](OS(=O)(=O)CCNCCCc2ccc3c(c2)c(=O)c(C(=O)O)cn3CC)[C@H](C)O1)[C@H](C)[C@@H](O[C@@H]1O[C@H](C)C[C@H](N(C)C)[C@H]1O)[C@](C)(O)C[C@@H](C)C=O)[C@@]1(C)OC(=O)O[C@@H]1C. The van der Waals surface area contributed by atoms with Crippen LogP contribution in [0.3, 0.4) is 0 Å². The number of nitrogens with one attached hydrogen (secondary N) is 1. The maximum Gasteiger partial charge on any atom is 0.509 e. The van der Waals surface area contributed by atoms with Gasteiger partial charge in [-0.15, -0.1) is 0 Å². The molecule has 17 atom stereocenters. The molecule has 1 aromatic heterocycles. The minimum Gasteiger partial charge on any atom is -0.477 e. The van der Waals surface area contributed by atoms with Gasteiger partial charge >= 0.3 is 18.1 Å². The molecule has 0 bridgehead atoms. The number of ether oxygens (including phenoxy) is 8. The molecule has 0 aliphatic carbocycles. The van der Waals surface area contributed by atoms with Crippen molar-refractivity contribution in [2.45, 2.75) is 205 Å². The first kappa shape index (κ1) is 63.7. The number of likely N-dealkylation sites (N-methyl/N-ethyl adjacent to an activating group) is 1. The number of aliphatic hydroxyl groups is 2. The number of pyridine rings is 1. The van der Waals surface area contributed by atoms with E-state index >= 15 is 0 Å². The molecular formula is C54H85N3O19S. The summed E-state index contributed by atoms with van der Waals surface area (Å²) in [5, 5.41) is 37.1. The third kappa shape index (κ3) is 15.2. The predicted molar refractivity (Wildman–Crippen MR) is 282 cm³/mol. The van der Waals surface area contributed by atoms with Crippen LogP contribution in [0.1, 0.15) is 124 Å². The quantitative estimate of drug-likeness (QED) is 0.0393. The van der Waals surface area contributed by atoms with Gasteiger partial charge in [0.15, 0.2) is 18.2 Å². The van der Waals surface area contributed by atoms with Crippen LogP contribution in [0.15, 0.2) is 29.2 Å². The highest BCUT2D eigenvalue weighted by atomic mass is 32.2. The molecule has 22 nitrogen and oxygen atoms in total. The van der Waals surface area contributed by atoms with Crippen molar-refractivity contribution in [3.63, 3.8) is 0 Å². The first-order chi connectivity index (χ1) is 36.0. The Morgan fingerprint density at radius 2 is 1.75 bits per heavy atom. The number of methoxy groups -OCH3 is 1. The summed E-state index contributed by atoms with van der Waals surface area (Å²) in [5.41, 5.74) is -3.93. The fourth-order valence-corrected chi connectivity index (χ4v) is 12.2. The second-order valence-corrected chi connectivity index (χ2v) is 23.8. The molecule has 77 heavy (non-hydrogen) atoms. The summed E-state index contributed by atoms with van der Waals surface area (Å²) >= 11 is 0. The molecule has 5 rings (SSSR count). The number of aromatic carboxylic acids is 1. The normalized spacial score (nSPS) is 30.1. The fourth-order valence-electron chi connectivity index (χ4n) is 11.1. The number of aromatic nitrogens is 1. The van der Waals surface area contributed by atoms with Crippen LogP contribution < -0.4 is 10.7 Å². The average molecular weight is 1110 g/mol. The molecule has 0 unspecified atom stereocenters. The number of nitrogens with zero attached hydrogens (tertiary/aromatic N) is 2. The van der Waals surface area contributed by atoms with E-state index in [2.05, 4.69) is 5.32 Å². The highest BCUT2D eigenvalue weighted by Gasteiger charge is 2.55. The first-order valence-electron chi connectivity index (χ1n) is 26.8. The van der Waals surface area contributed by atoms with E-state index in [1.807, 2.05) is 38.9 Å². The van der Waals surface area contributed by atoms with Crippen molar-refractivity contribution in [1.82, 2.24) is 14.8 Å². The summed E-state index contributed by atoms with van der Waals surface area (Å²) in [5.74, 6) is -5.29. The van der Waals surface area contributed by atoms with Crippen molar-refractivity contribution >= 4 is 45.4 Å². The van der Waals surface area contributed by atoms with Crippen molar-refractivity contribution < 1.29 is 85.0 Å². The number of hydrogen-bond donors (Lipinski definition) is 4. The Bertz CT molecular complexity index is 2520. The Hall–Kier alpha value is -4.14. The van der Waals surface area contributed by atoms with E-state index in [4.69, 9.17) is 42.1 Å². The summed E-state index contributed by atoms with van der Waals surface area (Å²) in [6.07, 6.45) is -7.70. The molecule has 0 saturated carbocycles. The van der Waals surface area contributed by atoms with E-state index in [0.29, 0.717) is 49.5 Å². The number of aldehydes is 1. The van der Waals surface area contributed by atoms with E-state index in [0.717, 1.165) is 5.56 Å². The molecular weight excluding hydrogens is 1030 g/mol. The average Bonchev–Trinajstić information content (AvgIpc) is 3.64. The molecule has 2 aromatic rings. The summed E-state index contributed by atoms with van der Waals surface area (Å²) in [6, 6.07) is 4.98. The van der Waals surface area contributed by atoms with Crippen molar-refractivity contribution in [2.75, 3.05) is 40.0 Å². The second kappa shape index (κ2) is 26.4. The number of carbonyl (C=O) groups is 4. The fraction of sp³-hybridized carbons (Fsp3) is 0.759. The molecule has 0 radical (unpaired) electrons.